The van der Waals surface area contributed by atoms with E-state index in [0.717, 1.165) is 17.1 Å². The summed E-state index contributed by atoms with van der Waals surface area (Å²) in [4.78, 5) is 2.56. The summed E-state index contributed by atoms with van der Waals surface area (Å²) in [5.41, 5.74) is 21.2. The Labute approximate surface area is 347 Å². The zero-order chi connectivity index (χ0) is 39.9. The van der Waals surface area contributed by atoms with Gasteiger partial charge in [0.05, 0.1) is 11.4 Å². The standard InChI is InChI=1S/C58H45N/c1-57(2)50-30-15-14-25-45(50)49-37-40(33-35-52(49)57)59(53-36-34-41(38-19-7-5-8-20-38)43-23-11-12-26-46(43)53)54-32-18-27-42(39-21-9-6-10-22-39)55(54)48-29-17-28-47-44-24-13-16-31-51(44)58(3,4)56(47)48/h5-37H,1-4H3. The van der Waals surface area contributed by atoms with E-state index in [1.165, 1.54) is 88.7 Å². The van der Waals surface area contributed by atoms with Gasteiger partial charge in [0, 0.05) is 27.5 Å². The number of nitrogens with zero attached hydrogens (tertiary/aromatic N) is 1. The van der Waals surface area contributed by atoms with Crippen LogP contribution in [0.25, 0.3) is 66.4 Å². The Morgan fingerprint density at radius 1 is 0.322 bits per heavy atom. The molecular weight excluding hydrogens is 711 g/mol. The lowest BCUT2D eigenvalue weighted by atomic mass is 9.77. The summed E-state index contributed by atoms with van der Waals surface area (Å²) in [6.45, 7) is 9.53. The van der Waals surface area contributed by atoms with Crippen LogP contribution in [0.2, 0.25) is 0 Å². The van der Waals surface area contributed by atoms with Gasteiger partial charge in [-0.25, -0.2) is 0 Å². The minimum Gasteiger partial charge on any atom is -0.309 e. The van der Waals surface area contributed by atoms with Crippen LogP contribution in [0.5, 0.6) is 0 Å². The molecule has 2 aliphatic rings. The number of benzene rings is 9. The summed E-state index contributed by atoms with van der Waals surface area (Å²) in [7, 11) is 0. The highest BCUT2D eigenvalue weighted by Crippen LogP contribution is 2.57. The average molecular weight is 756 g/mol. The van der Waals surface area contributed by atoms with Crippen molar-refractivity contribution in [3.8, 4) is 55.6 Å². The van der Waals surface area contributed by atoms with Gasteiger partial charge in [0.15, 0.2) is 0 Å². The van der Waals surface area contributed by atoms with Gasteiger partial charge in [0.1, 0.15) is 0 Å². The molecule has 9 aromatic carbocycles. The van der Waals surface area contributed by atoms with Crippen LogP contribution in [0.3, 0.4) is 0 Å². The molecule has 0 atom stereocenters. The Morgan fingerprint density at radius 3 is 1.58 bits per heavy atom. The molecule has 59 heavy (non-hydrogen) atoms. The average Bonchev–Trinajstić information content (AvgIpc) is 3.66. The van der Waals surface area contributed by atoms with Crippen molar-refractivity contribution < 1.29 is 0 Å². The molecule has 11 rings (SSSR count). The third-order valence-electron chi connectivity index (χ3n) is 13.3. The molecule has 0 saturated carbocycles. The lowest BCUT2D eigenvalue weighted by molar-refractivity contribution is 0.660. The van der Waals surface area contributed by atoms with Gasteiger partial charge in [0.2, 0.25) is 0 Å². The minimum atomic E-state index is -0.207. The summed E-state index contributed by atoms with van der Waals surface area (Å²) in [5, 5.41) is 2.43. The molecule has 0 aromatic heterocycles. The fraction of sp³-hybridized carbons (Fsp3) is 0.103. The predicted octanol–water partition coefficient (Wildman–Crippen LogP) is 15.9. The number of fused-ring (bicyclic) bond motifs is 7. The molecule has 2 aliphatic carbocycles. The lowest BCUT2D eigenvalue weighted by Gasteiger charge is -2.33. The molecule has 0 unspecified atom stereocenters. The first kappa shape index (κ1) is 35.2. The zero-order valence-electron chi connectivity index (χ0n) is 34.0. The molecule has 0 heterocycles. The quantitative estimate of drug-likeness (QED) is 0.163. The Morgan fingerprint density at radius 2 is 0.847 bits per heavy atom. The first-order valence-electron chi connectivity index (χ1n) is 20.9. The number of hydrogen-bond acceptors (Lipinski definition) is 1. The second-order valence-electron chi connectivity index (χ2n) is 17.2. The van der Waals surface area contributed by atoms with Gasteiger partial charge in [-0.2, -0.15) is 0 Å². The molecule has 0 N–H and O–H groups in total. The first-order valence-corrected chi connectivity index (χ1v) is 20.9. The highest BCUT2D eigenvalue weighted by atomic mass is 15.1. The second kappa shape index (κ2) is 13.3. The van der Waals surface area contributed by atoms with Crippen molar-refractivity contribution in [1.82, 2.24) is 0 Å². The second-order valence-corrected chi connectivity index (χ2v) is 17.2. The highest BCUT2D eigenvalue weighted by molar-refractivity contribution is 6.09. The van der Waals surface area contributed by atoms with E-state index in [1.54, 1.807) is 0 Å². The van der Waals surface area contributed by atoms with Crippen LogP contribution in [0.15, 0.2) is 200 Å². The van der Waals surface area contributed by atoms with Crippen molar-refractivity contribution in [3.63, 3.8) is 0 Å². The van der Waals surface area contributed by atoms with Crippen LogP contribution in [0.1, 0.15) is 49.9 Å². The fourth-order valence-electron chi connectivity index (χ4n) is 10.5. The smallest absolute Gasteiger partial charge is 0.0546 e. The van der Waals surface area contributed by atoms with Gasteiger partial charge in [0.25, 0.3) is 0 Å². The van der Waals surface area contributed by atoms with Crippen molar-refractivity contribution in [2.75, 3.05) is 4.90 Å². The molecular formula is C58H45N. The monoisotopic (exact) mass is 755 g/mol. The predicted molar refractivity (Wildman–Crippen MR) is 250 cm³/mol. The van der Waals surface area contributed by atoms with Gasteiger partial charge in [-0.15, -0.1) is 0 Å². The van der Waals surface area contributed by atoms with Crippen LogP contribution in [-0.4, -0.2) is 0 Å². The molecule has 282 valence electrons. The highest BCUT2D eigenvalue weighted by Gasteiger charge is 2.39. The zero-order valence-corrected chi connectivity index (χ0v) is 34.0. The Kier molecular flexibility index (Phi) is 7.94. The van der Waals surface area contributed by atoms with E-state index in [0.29, 0.717) is 0 Å². The molecule has 1 heteroatoms. The van der Waals surface area contributed by atoms with E-state index in [2.05, 4.69) is 233 Å². The largest absolute Gasteiger partial charge is 0.309 e. The van der Waals surface area contributed by atoms with Crippen molar-refractivity contribution in [2.45, 2.75) is 38.5 Å². The van der Waals surface area contributed by atoms with E-state index in [1.807, 2.05) is 0 Å². The van der Waals surface area contributed by atoms with E-state index < -0.39 is 0 Å². The Balaban J connectivity index is 1.25. The van der Waals surface area contributed by atoms with E-state index >= 15 is 0 Å². The number of anilines is 3. The van der Waals surface area contributed by atoms with Gasteiger partial charge in [-0.1, -0.05) is 204 Å². The van der Waals surface area contributed by atoms with E-state index in [-0.39, 0.29) is 10.8 Å². The first-order chi connectivity index (χ1) is 28.8. The third kappa shape index (κ3) is 5.31. The molecule has 0 amide bonds. The maximum Gasteiger partial charge on any atom is 0.0546 e. The summed E-state index contributed by atoms with van der Waals surface area (Å²) in [5.74, 6) is 0. The van der Waals surface area contributed by atoms with Crippen LogP contribution in [0.4, 0.5) is 17.1 Å². The molecule has 0 bridgehead atoms. The summed E-state index contributed by atoms with van der Waals surface area (Å²) in [6.07, 6.45) is 0. The van der Waals surface area contributed by atoms with Gasteiger partial charge >= 0.3 is 0 Å². The summed E-state index contributed by atoms with van der Waals surface area (Å²) >= 11 is 0. The van der Waals surface area contributed by atoms with Gasteiger partial charge in [-0.05, 0) is 102 Å². The molecule has 0 saturated heterocycles. The SMILES string of the molecule is CC1(C)c2ccccc2-c2cc(N(c3cccc(-c4ccccc4)c3-c3cccc4c3C(C)(C)c3ccccc3-4)c3ccc(-c4ccccc4)c4ccccc34)ccc21. The summed E-state index contributed by atoms with van der Waals surface area (Å²) < 4.78 is 0. The molecule has 0 radical (unpaired) electrons. The third-order valence-corrected chi connectivity index (χ3v) is 13.3. The minimum absolute atomic E-state index is 0.0944. The van der Waals surface area contributed by atoms with Crippen LogP contribution in [0, 0.1) is 0 Å². The van der Waals surface area contributed by atoms with Crippen molar-refractivity contribution in [2.24, 2.45) is 0 Å². The normalized spacial score (nSPS) is 14.0. The fourth-order valence-corrected chi connectivity index (χ4v) is 10.5. The van der Waals surface area contributed by atoms with Crippen LogP contribution >= 0.6 is 0 Å². The topological polar surface area (TPSA) is 3.24 Å². The van der Waals surface area contributed by atoms with Gasteiger partial charge < -0.3 is 4.90 Å². The number of hydrogen-bond donors (Lipinski definition) is 0. The van der Waals surface area contributed by atoms with Crippen molar-refractivity contribution in [3.05, 3.63) is 222 Å². The maximum atomic E-state index is 2.56. The molecule has 0 spiro atoms. The molecule has 1 nitrogen and oxygen atoms in total. The Bertz CT molecular complexity index is 3100. The van der Waals surface area contributed by atoms with Crippen molar-refractivity contribution in [1.29, 1.82) is 0 Å². The molecule has 9 aromatic rings. The van der Waals surface area contributed by atoms with Crippen LogP contribution in [-0.2, 0) is 10.8 Å². The maximum absolute atomic E-state index is 2.56. The van der Waals surface area contributed by atoms with Crippen LogP contribution < -0.4 is 4.90 Å². The molecule has 0 aliphatic heterocycles. The lowest BCUT2D eigenvalue weighted by Crippen LogP contribution is -2.18. The van der Waals surface area contributed by atoms with Gasteiger partial charge in [-0.3, -0.25) is 0 Å². The van der Waals surface area contributed by atoms with E-state index in [4.69, 9.17) is 0 Å². The Hall–Kier alpha value is -6.96. The molecule has 0 fully saturated rings. The van der Waals surface area contributed by atoms with E-state index in [9.17, 15) is 0 Å². The summed E-state index contributed by atoms with van der Waals surface area (Å²) in [6, 6.07) is 74.4. The number of rotatable bonds is 6. The van der Waals surface area contributed by atoms with Crippen molar-refractivity contribution >= 4 is 27.8 Å².